The summed E-state index contributed by atoms with van der Waals surface area (Å²) in [5.74, 6) is -0.186. The topological polar surface area (TPSA) is 21.3 Å². The zero-order valence-electron chi connectivity index (χ0n) is 12.7. The normalized spacial score (nSPS) is 10.8. The first-order valence-electron chi connectivity index (χ1n) is 7.31. The van der Waals surface area contributed by atoms with E-state index in [1.165, 1.54) is 17.2 Å². The second-order valence-electron chi connectivity index (χ2n) is 5.08. The summed E-state index contributed by atoms with van der Waals surface area (Å²) in [5.41, 5.74) is 4.52. The molecule has 2 aromatic carbocycles. The quantitative estimate of drug-likeness (QED) is 0.832. The maximum absolute atomic E-state index is 13.3. The number of nitrogens with one attached hydrogen (secondary N) is 1. The number of aryl methyl sites for hydroxylation is 1. The standard InChI is InChI=1S/C18H22FNO/c1-3-21-13-16-7-5-4-6-15(16)11-20-12-17-10-18(19)9-8-14(17)2/h4-10,20H,3,11-13H2,1-2H3. The number of ether oxygens (including phenoxy) is 1. The van der Waals surface area contributed by atoms with Crippen LogP contribution in [0.1, 0.15) is 29.2 Å². The number of hydrogen-bond acceptors (Lipinski definition) is 2. The monoisotopic (exact) mass is 287 g/mol. The molecule has 0 unspecified atom stereocenters. The highest BCUT2D eigenvalue weighted by atomic mass is 19.1. The third kappa shape index (κ3) is 4.66. The van der Waals surface area contributed by atoms with Gasteiger partial charge in [0.25, 0.3) is 0 Å². The predicted molar refractivity (Wildman–Crippen MR) is 83.5 cm³/mol. The van der Waals surface area contributed by atoms with Gasteiger partial charge in [-0.2, -0.15) is 0 Å². The number of halogens is 1. The smallest absolute Gasteiger partial charge is 0.123 e. The van der Waals surface area contributed by atoms with Gasteiger partial charge in [0.05, 0.1) is 6.61 Å². The van der Waals surface area contributed by atoms with E-state index < -0.39 is 0 Å². The highest BCUT2D eigenvalue weighted by Gasteiger charge is 2.03. The molecule has 0 aliphatic carbocycles. The van der Waals surface area contributed by atoms with Gasteiger partial charge in [-0.1, -0.05) is 30.3 Å². The Kier molecular flexibility index (Phi) is 5.90. The van der Waals surface area contributed by atoms with E-state index in [0.29, 0.717) is 19.8 Å². The van der Waals surface area contributed by atoms with E-state index in [1.807, 2.05) is 32.0 Å². The van der Waals surface area contributed by atoms with Crippen LogP contribution in [0.15, 0.2) is 42.5 Å². The van der Waals surface area contributed by atoms with Crippen LogP contribution in [-0.2, 0) is 24.4 Å². The van der Waals surface area contributed by atoms with Crippen molar-refractivity contribution in [3.8, 4) is 0 Å². The fraction of sp³-hybridized carbons (Fsp3) is 0.333. The number of hydrogen-bond donors (Lipinski definition) is 1. The average molecular weight is 287 g/mol. The van der Waals surface area contributed by atoms with Gasteiger partial charge in [-0.05, 0) is 48.2 Å². The first-order chi connectivity index (χ1) is 10.2. The molecule has 0 spiro atoms. The maximum Gasteiger partial charge on any atom is 0.123 e. The van der Waals surface area contributed by atoms with Crippen molar-refractivity contribution in [2.75, 3.05) is 6.61 Å². The SMILES string of the molecule is CCOCc1ccccc1CNCc1cc(F)ccc1C. The Labute approximate surface area is 126 Å². The molecule has 0 aliphatic heterocycles. The van der Waals surface area contributed by atoms with Gasteiger partial charge in [-0.15, -0.1) is 0 Å². The van der Waals surface area contributed by atoms with Gasteiger partial charge < -0.3 is 10.1 Å². The molecule has 3 heteroatoms. The molecule has 0 aromatic heterocycles. The first kappa shape index (κ1) is 15.7. The van der Waals surface area contributed by atoms with Crippen molar-refractivity contribution in [2.45, 2.75) is 33.5 Å². The van der Waals surface area contributed by atoms with Crippen LogP contribution in [0.25, 0.3) is 0 Å². The Balaban J connectivity index is 1.95. The highest BCUT2D eigenvalue weighted by molar-refractivity contribution is 5.28. The third-order valence-corrected chi connectivity index (χ3v) is 3.52. The van der Waals surface area contributed by atoms with Crippen molar-refractivity contribution in [1.82, 2.24) is 5.32 Å². The summed E-state index contributed by atoms with van der Waals surface area (Å²) in [6, 6.07) is 13.1. The number of rotatable bonds is 7. The number of benzene rings is 2. The molecular formula is C18H22FNO. The first-order valence-corrected chi connectivity index (χ1v) is 7.31. The zero-order valence-corrected chi connectivity index (χ0v) is 12.7. The van der Waals surface area contributed by atoms with Crippen molar-refractivity contribution in [3.05, 3.63) is 70.5 Å². The van der Waals surface area contributed by atoms with Crippen LogP contribution in [-0.4, -0.2) is 6.61 Å². The van der Waals surface area contributed by atoms with Crippen LogP contribution in [0.2, 0.25) is 0 Å². The molecule has 0 atom stereocenters. The van der Waals surface area contributed by atoms with Crippen molar-refractivity contribution < 1.29 is 9.13 Å². The van der Waals surface area contributed by atoms with Crippen LogP contribution in [0.3, 0.4) is 0 Å². The second-order valence-corrected chi connectivity index (χ2v) is 5.08. The molecular weight excluding hydrogens is 265 g/mol. The summed E-state index contributed by atoms with van der Waals surface area (Å²) >= 11 is 0. The summed E-state index contributed by atoms with van der Waals surface area (Å²) in [7, 11) is 0. The van der Waals surface area contributed by atoms with Crippen LogP contribution < -0.4 is 5.32 Å². The Morgan fingerprint density at radius 3 is 2.48 bits per heavy atom. The van der Waals surface area contributed by atoms with E-state index >= 15 is 0 Å². The lowest BCUT2D eigenvalue weighted by Gasteiger charge is -2.12. The van der Waals surface area contributed by atoms with Gasteiger partial charge in [0.15, 0.2) is 0 Å². The average Bonchev–Trinajstić information content (AvgIpc) is 2.50. The van der Waals surface area contributed by atoms with E-state index in [4.69, 9.17) is 4.74 Å². The minimum Gasteiger partial charge on any atom is -0.377 e. The molecule has 0 aliphatic rings. The minimum atomic E-state index is -0.186. The lowest BCUT2D eigenvalue weighted by atomic mass is 10.1. The van der Waals surface area contributed by atoms with Gasteiger partial charge in [-0.3, -0.25) is 0 Å². The van der Waals surface area contributed by atoms with E-state index in [-0.39, 0.29) is 5.82 Å². The van der Waals surface area contributed by atoms with E-state index in [1.54, 1.807) is 6.07 Å². The molecule has 112 valence electrons. The molecule has 0 amide bonds. The Morgan fingerprint density at radius 2 is 1.71 bits per heavy atom. The van der Waals surface area contributed by atoms with Crippen LogP contribution >= 0.6 is 0 Å². The Morgan fingerprint density at radius 1 is 1.00 bits per heavy atom. The molecule has 0 saturated heterocycles. The van der Waals surface area contributed by atoms with Gasteiger partial charge >= 0.3 is 0 Å². The van der Waals surface area contributed by atoms with Crippen molar-refractivity contribution in [2.24, 2.45) is 0 Å². The summed E-state index contributed by atoms with van der Waals surface area (Å²) in [5, 5.41) is 3.38. The fourth-order valence-corrected chi connectivity index (χ4v) is 2.25. The summed E-state index contributed by atoms with van der Waals surface area (Å²) in [6.45, 7) is 6.75. The Hall–Kier alpha value is -1.71. The zero-order chi connectivity index (χ0) is 15.1. The molecule has 2 aromatic rings. The molecule has 0 saturated carbocycles. The van der Waals surface area contributed by atoms with Gasteiger partial charge in [0, 0.05) is 19.7 Å². The molecule has 2 nitrogen and oxygen atoms in total. The fourth-order valence-electron chi connectivity index (χ4n) is 2.25. The molecule has 2 rings (SSSR count). The molecule has 21 heavy (non-hydrogen) atoms. The van der Waals surface area contributed by atoms with Crippen molar-refractivity contribution in [1.29, 1.82) is 0 Å². The summed E-state index contributed by atoms with van der Waals surface area (Å²) < 4.78 is 18.7. The summed E-state index contributed by atoms with van der Waals surface area (Å²) in [4.78, 5) is 0. The molecule has 1 N–H and O–H groups in total. The van der Waals surface area contributed by atoms with Crippen LogP contribution in [0.4, 0.5) is 4.39 Å². The molecule has 0 radical (unpaired) electrons. The van der Waals surface area contributed by atoms with E-state index in [0.717, 1.165) is 17.7 Å². The van der Waals surface area contributed by atoms with E-state index in [9.17, 15) is 4.39 Å². The lowest BCUT2D eigenvalue weighted by Crippen LogP contribution is -2.15. The highest BCUT2D eigenvalue weighted by Crippen LogP contribution is 2.12. The molecule has 0 fully saturated rings. The molecule has 0 bridgehead atoms. The summed E-state index contributed by atoms with van der Waals surface area (Å²) in [6.07, 6.45) is 0. The van der Waals surface area contributed by atoms with Crippen LogP contribution in [0.5, 0.6) is 0 Å². The van der Waals surface area contributed by atoms with E-state index in [2.05, 4.69) is 17.4 Å². The van der Waals surface area contributed by atoms with Crippen molar-refractivity contribution in [3.63, 3.8) is 0 Å². The van der Waals surface area contributed by atoms with Gasteiger partial charge in [0.2, 0.25) is 0 Å². The van der Waals surface area contributed by atoms with Gasteiger partial charge in [-0.25, -0.2) is 4.39 Å². The largest absolute Gasteiger partial charge is 0.377 e. The van der Waals surface area contributed by atoms with Crippen LogP contribution in [0, 0.1) is 12.7 Å². The van der Waals surface area contributed by atoms with Crippen molar-refractivity contribution >= 4 is 0 Å². The minimum absolute atomic E-state index is 0.186. The predicted octanol–water partition coefficient (Wildman–Crippen LogP) is 3.96. The third-order valence-electron chi connectivity index (χ3n) is 3.52. The molecule has 0 heterocycles. The van der Waals surface area contributed by atoms with Gasteiger partial charge in [0.1, 0.15) is 5.82 Å². The second kappa shape index (κ2) is 7.91. The Bertz CT molecular complexity index is 583. The maximum atomic E-state index is 13.3. The lowest BCUT2D eigenvalue weighted by molar-refractivity contribution is 0.133.